The van der Waals surface area contributed by atoms with Crippen LogP contribution in [0.5, 0.6) is 0 Å². The number of rotatable bonds is 9. The Bertz CT molecular complexity index is 393. The second-order valence-corrected chi connectivity index (χ2v) is 7.40. The molecule has 0 spiro atoms. The van der Waals surface area contributed by atoms with Crippen molar-refractivity contribution in [2.24, 2.45) is 0 Å². The summed E-state index contributed by atoms with van der Waals surface area (Å²) in [5.74, 6) is -0.164. The molecule has 1 atom stereocenters. The molecule has 0 aromatic rings. The van der Waals surface area contributed by atoms with Gasteiger partial charge in [-0.05, 0) is 26.8 Å². The lowest BCUT2D eigenvalue weighted by Gasteiger charge is -2.23. The second kappa shape index (κ2) is 7.21. The van der Waals surface area contributed by atoms with Crippen LogP contribution in [0.15, 0.2) is 0 Å². The number of nitrogens with one attached hydrogen (secondary N) is 1. The SMILES string of the molecule is CCOC(=O)C(CN(C)CCS(C)(=O)=O)NC1CC1. The van der Waals surface area contributed by atoms with Gasteiger partial charge in [0.05, 0.1) is 12.4 Å². The summed E-state index contributed by atoms with van der Waals surface area (Å²) in [6.07, 6.45) is 3.39. The summed E-state index contributed by atoms with van der Waals surface area (Å²) in [6.45, 7) is 3.01. The lowest BCUT2D eigenvalue weighted by molar-refractivity contribution is -0.146. The van der Waals surface area contributed by atoms with E-state index in [1.165, 1.54) is 6.26 Å². The van der Waals surface area contributed by atoms with Crippen LogP contribution in [0.2, 0.25) is 0 Å². The summed E-state index contributed by atoms with van der Waals surface area (Å²) in [5.41, 5.74) is 0. The lowest BCUT2D eigenvalue weighted by atomic mass is 10.2. The molecular formula is C12H24N2O4S. The zero-order chi connectivity index (χ0) is 14.5. The van der Waals surface area contributed by atoms with E-state index in [0.29, 0.717) is 25.7 Å². The van der Waals surface area contributed by atoms with Crippen molar-refractivity contribution in [2.45, 2.75) is 31.8 Å². The third-order valence-electron chi connectivity index (χ3n) is 2.92. The number of nitrogens with zero attached hydrogens (tertiary/aromatic N) is 1. The Kier molecular flexibility index (Phi) is 6.22. The van der Waals surface area contributed by atoms with Gasteiger partial charge in [0.1, 0.15) is 15.9 Å². The van der Waals surface area contributed by atoms with Crippen molar-refractivity contribution < 1.29 is 17.9 Å². The Morgan fingerprint density at radius 1 is 1.47 bits per heavy atom. The molecule has 0 aromatic carbocycles. The van der Waals surface area contributed by atoms with Crippen LogP contribution in [0, 0.1) is 0 Å². The largest absolute Gasteiger partial charge is 0.465 e. The van der Waals surface area contributed by atoms with Crippen LogP contribution in [0.4, 0.5) is 0 Å². The topological polar surface area (TPSA) is 75.7 Å². The van der Waals surface area contributed by atoms with Crippen LogP contribution in [0.3, 0.4) is 0 Å². The molecule has 1 unspecified atom stereocenters. The molecular weight excluding hydrogens is 268 g/mol. The van der Waals surface area contributed by atoms with E-state index in [-0.39, 0.29) is 17.8 Å². The van der Waals surface area contributed by atoms with Crippen LogP contribution in [-0.4, -0.2) is 70.1 Å². The van der Waals surface area contributed by atoms with Gasteiger partial charge in [0.25, 0.3) is 0 Å². The Balaban J connectivity index is 2.43. The zero-order valence-corrected chi connectivity index (χ0v) is 12.7. The van der Waals surface area contributed by atoms with E-state index in [9.17, 15) is 13.2 Å². The summed E-state index contributed by atoms with van der Waals surface area (Å²) >= 11 is 0. The third kappa shape index (κ3) is 7.49. The number of sulfone groups is 1. The minimum absolute atomic E-state index is 0.0997. The van der Waals surface area contributed by atoms with Gasteiger partial charge in [-0.2, -0.15) is 0 Å². The smallest absolute Gasteiger partial charge is 0.324 e. The normalized spacial score (nSPS) is 17.5. The highest BCUT2D eigenvalue weighted by atomic mass is 32.2. The minimum Gasteiger partial charge on any atom is -0.465 e. The molecule has 1 aliphatic carbocycles. The van der Waals surface area contributed by atoms with Crippen molar-refractivity contribution in [3.63, 3.8) is 0 Å². The Hall–Kier alpha value is -0.660. The van der Waals surface area contributed by atoms with Crippen molar-refractivity contribution in [1.29, 1.82) is 0 Å². The zero-order valence-electron chi connectivity index (χ0n) is 11.9. The summed E-state index contributed by atoms with van der Waals surface area (Å²) < 4.78 is 27.3. The van der Waals surface area contributed by atoms with Crippen molar-refractivity contribution in [3.8, 4) is 0 Å². The third-order valence-corrected chi connectivity index (χ3v) is 3.85. The van der Waals surface area contributed by atoms with E-state index in [1.54, 1.807) is 6.92 Å². The van der Waals surface area contributed by atoms with Crippen LogP contribution in [0.1, 0.15) is 19.8 Å². The highest BCUT2D eigenvalue weighted by Gasteiger charge is 2.29. The number of hydrogen-bond donors (Lipinski definition) is 1. The molecule has 0 heterocycles. The average molecular weight is 292 g/mol. The van der Waals surface area contributed by atoms with E-state index >= 15 is 0 Å². The fourth-order valence-electron chi connectivity index (χ4n) is 1.70. The predicted octanol–water partition coefficient (Wildman–Crippen LogP) is -0.353. The lowest BCUT2D eigenvalue weighted by Crippen LogP contribution is -2.47. The van der Waals surface area contributed by atoms with E-state index < -0.39 is 9.84 Å². The summed E-state index contributed by atoms with van der Waals surface area (Å²) in [4.78, 5) is 13.7. The Morgan fingerprint density at radius 2 is 2.11 bits per heavy atom. The van der Waals surface area contributed by atoms with Gasteiger partial charge in [0.15, 0.2) is 0 Å². The molecule has 0 aliphatic heterocycles. The molecule has 1 N–H and O–H groups in total. The van der Waals surface area contributed by atoms with Gasteiger partial charge in [-0.3, -0.25) is 4.79 Å². The Labute approximate surface area is 115 Å². The molecule has 1 aliphatic rings. The summed E-state index contributed by atoms with van der Waals surface area (Å²) in [7, 11) is -1.16. The first kappa shape index (κ1) is 16.4. The number of ether oxygens (including phenoxy) is 1. The maximum absolute atomic E-state index is 11.8. The standard InChI is InChI=1S/C12H24N2O4S/c1-4-18-12(15)11(13-10-5-6-10)9-14(2)7-8-19(3,16)17/h10-11,13H,4-9H2,1-3H3. The van der Waals surface area contributed by atoms with Gasteiger partial charge in [0.2, 0.25) is 0 Å². The van der Waals surface area contributed by atoms with Gasteiger partial charge in [-0.25, -0.2) is 8.42 Å². The molecule has 112 valence electrons. The number of carbonyl (C=O) groups excluding carboxylic acids is 1. The maximum Gasteiger partial charge on any atom is 0.324 e. The molecule has 7 heteroatoms. The quantitative estimate of drug-likeness (QED) is 0.585. The summed E-state index contributed by atoms with van der Waals surface area (Å²) in [5, 5.41) is 3.24. The van der Waals surface area contributed by atoms with Crippen molar-refractivity contribution in [1.82, 2.24) is 10.2 Å². The minimum atomic E-state index is -2.97. The Morgan fingerprint density at radius 3 is 2.58 bits per heavy atom. The van der Waals surface area contributed by atoms with Crippen molar-refractivity contribution >= 4 is 15.8 Å². The molecule has 0 bridgehead atoms. The van der Waals surface area contributed by atoms with E-state index in [0.717, 1.165) is 12.8 Å². The van der Waals surface area contributed by atoms with Gasteiger partial charge in [-0.15, -0.1) is 0 Å². The number of hydrogen-bond acceptors (Lipinski definition) is 6. The van der Waals surface area contributed by atoms with Crippen molar-refractivity contribution in [3.05, 3.63) is 0 Å². The fourth-order valence-corrected chi connectivity index (χ4v) is 2.34. The fraction of sp³-hybridized carbons (Fsp3) is 0.917. The van der Waals surface area contributed by atoms with Crippen LogP contribution >= 0.6 is 0 Å². The van der Waals surface area contributed by atoms with Crippen LogP contribution in [-0.2, 0) is 19.4 Å². The van der Waals surface area contributed by atoms with E-state index in [1.807, 2.05) is 11.9 Å². The van der Waals surface area contributed by atoms with Gasteiger partial charge >= 0.3 is 5.97 Å². The summed E-state index contributed by atoms with van der Waals surface area (Å²) in [6, 6.07) is 0.0229. The molecule has 0 amide bonds. The van der Waals surface area contributed by atoms with E-state index in [2.05, 4.69) is 5.32 Å². The molecule has 1 fully saturated rings. The molecule has 1 saturated carbocycles. The molecule has 0 aromatic heterocycles. The molecule has 19 heavy (non-hydrogen) atoms. The molecule has 6 nitrogen and oxygen atoms in total. The first-order valence-electron chi connectivity index (χ1n) is 6.60. The van der Waals surface area contributed by atoms with Crippen LogP contribution in [0.25, 0.3) is 0 Å². The number of esters is 1. The first-order chi connectivity index (χ1) is 8.81. The number of carbonyl (C=O) groups is 1. The van der Waals surface area contributed by atoms with Crippen LogP contribution < -0.4 is 5.32 Å². The highest BCUT2D eigenvalue weighted by Crippen LogP contribution is 2.19. The van der Waals surface area contributed by atoms with Gasteiger partial charge in [-0.1, -0.05) is 0 Å². The first-order valence-corrected chi connectivity index (χ1v) is 8.67. The maximum atomic E-state index is 11.8. The second-order valence-electron chi connectivity index (χ2n) is 5.14. The molecule has 0 saturated heterocycles. The monoisotopic (exact) mass is 292 g/mol. The van der Waals surface area contributed by atoms with Gasteiger partial charge in [0, 0.05) is 25.4 Å². The van der Waals surface area contributed by atoms with Gasteiger partial charge < -0.3 is 15.0 Å². The highest BCUT2D eigenvalue weighted by molar-refractivity contribution is 7.90. The van der Waals surface area contributed by atoms with E-state index in [4.69, 9.17) is 4.74 Å². The predicted molar refractivity (Wildman–Crippen MR) is 73.8 cm³/mol. The molecule has 0 radical (unpaired) electrons. The molecule has 1 rings (SSSR count). The average Bonchev–Trinajstić information content (AvgIpc) is 3.09. The number of likely N-dealkylation sites (N-methyl/N-ethyl adjacent to an activating group) is 1. The van der Waals surface area contributed by atoms with Crippen molar-refractivity contribution in [2.75, 3.05) is 38.8 Å².